The number of aliphatic imine (C=N–C) groups is 1. The molecule has 0 fully saturated rings. The van der Waals surface area contributed by atoms with Gasteiger partial charge in [0, 0.05) is 34.8 Å². The fourth-order valence-electron chi connectivity index (χ4n) is 3.29. The number of nitrogens with zero attached hydrogens (tertiary/aromatic N) is 2. The first kappa shape index (κ1) is 15.4. The summed E-state index contributed by atoms with van der Waals surface area (Å²) in [6.45, 7) is 1.09. The normalized spacial score (nSPS) is 16.7. The summed E-state index contributed by atoms with van der Waals surface area (Å²) in [5, 5.41) is 1.24. The highest BCUT2D eigenvalue weighted by molar-refractivity contribution is 6.37. The maximum atomic E-state index is 12.6. The monoisotopic (exact) mass is 356 g/mol. The molecule has 24 heavy (non-hydrogen) atoms. The fourth-order valence-corrected chi connectivity index (χ4v) is 3.68. The second-order valence-corrected chi connectivity index (χ2v) is 6.82. The number of likely N-dealkylation sites (N-methyl/N-ethyl adjacent to an activating group) is 1. The number of amides is 1. The summed E-state index contributed by atoms with van der Waals surface area (Å²) in [6, 6.07) is 13.2. The van der Waals surface area contributed by atoms with Crippen LogP contribution in [0.1, 0.15) is 16.7 Å². The average molecular weight is 357 g/mol. The summed E-state index contributed by atoms with van der Waals surface area (Å²) in [6.07, 6.45) is 0. The van der Waals surface area contributed by atoms with E-state index in [2.05, 4.69) is 0 Å². The molecule has 0 spiro atoms. The fraction of sp³-hybridized carbons (Fsp3) is 0.158. The van der Waals surface area contributed by atoms with Crippen LogP contribution in [-0.2, 0) is 4.79 Å². The van der Waals surface area contributed by atoms with E-state index in [1.807, 2.05) is 49.5 Å². The number of carbonyl (C=O) groups is 1. The molecule has 5 heteroatoms. The maximum Gasteiger partial charge on any atom is 0.254 e. The van der Waals surface area contributed by atoms with Crippen LogP contribution in [0.25, 0.3) is 5.57 Å². The van der Waals surface area contributed by atoms with E-state index in [9.17, 15) is 4.79 Å². The van der Waals surface area contributed by atoms with Gasteiger partial charge in [0.2, 0.25) is 0 Å². The van der Waals surface area contributed by atoms with E-state index >= 15 is 0 Å². The molecular weight excluding hydrogens is 343 g/mol. The lowest BCUT2D eigenvalue weighted by molar-refractivity contribution is -0.122. The molecule has 0 radical (unpaired) electrons. The topological polar surface area (TPSA) is 32.7 Å². The second-order valence-electron chi connectivity index (χ2n) is 5.97. The maximum absolute atomic E-state index is 12.6. The summed E-state index contributed by atoms with van der Waals surface area (Å²) in [5.74, 6) is 0.0316. The smallest absolute Gasteiger partial charge is 0.254 e. The number of hydrogen-bond donors (Lipinski definition) is 0. The predicted octanol–water partition coefficient (Wildman–Crippen LogP) is 4.07. The van der Waals surface area contributed by atoms with Crippen molar-refractivity contribution in [2.45, 2.75) is 0 Å². The van der Waals surface area contributed by atoms with Crippen LogP contribution in [0.2, 0.25) is 10.0 Å². The van der Waals surface area contributed by atoms with Gasteiger partial charge in [0.1, 0.15) is 0 Å². The summed E-state index contributed by atoms with van der Waals surface area (Å²) in [5.41, 5.74) is 5.14. The average Bonchev–Trinajstić information content (AvgIpc) is 2.75. The van der Waals surface area contributed by atoms with Gasteiger partial charge in [-0.05, 0) is 29.3 Å². The third-order valence-corrected chi connectivity index (χ3v) is 4.97. The van der Waals surface area contributed by atoms with Gasteiger partial charge in [-0.15, -0.1) is 0 Å². The van der Waals surface area contributed by atoms with Crippen LogP contribution in [0.3, 0.4) is 0 Å². The highest BCUT2D eigenvalue weighted by Gasteiger charge is 2.33. The van der Waals surface area contributed by atoms with E-state index in [0.29, 0.717) is 23.1 Å². The minimum atomic E-state index is 0.0316. The molecule has 0 aliphatic carbocycles. The van der Waals surface area contributed by atoms with Gasteiger partial charge in [0.15, 0.2) is 0 Å². The summed E-state index contributed by atoms with van der Waals surface area (Å²) in [4.78, 5) is 19.1. The lowest BCUT2D eigenvalue weighted by Gasteiger charge is -2.15. The summed E-state index contributed by atoms with van der Waals surface area (Å²) < 4.78 is 0. The van der Waals surface area contributed by atoms with E-state index in [1.165, 1.54) is 0 Å². The van der Waals surface area contributed by atoms with Gasteiger partial charge in [-0.3, -0.25) is 9.79 Å². The minimum Gasteiger partial charge on any atom is -0.338 e. The molecule has 2 heterocycles. The number of rotatable bonds is 1. The lowest BCUT2D eigenvalue weighted by Crippen LogP contribution is -2.22. The van der Waals surface area contributed by atoms with Crippen LogP contribution in [0, 0.1) is 0 Å². The quantitative estimate of drug-likeness (QED) is 0.757. The molecule has 0 saturated heterocycles. The van der Waals surface area contributed by atoms with Crippen molar-refractivity contribution in [2.75, 3.05) is 20.1 Å². The van der Waals surface area contributed by atoms with Gasteiger partial charge >= 0.3 is 0 Å². The van der Waals surface area contributed by atoms with Crippen LogP contribution in [0.15, 0.2) is 53.0 Å². The Morgan fingerprint density at radius 1 is 1.04 bits per heavy atom. The predicted molar refractivity (Wildman–Crippen MR) is 98.0 cm³/mol. The van der Waals surface area contributed by atoms with Crippen LogP contribution < -0.4 is 0 Å². The Morgan fingerprint density at radius 2 is 1.83 bits per heavy atom. The molecular formula is C19H14Cl2N2O. The largest absolute Gasteiger partial charge is 0.338 e. The molecule has 3 nitrogen and oxygen atoms in total. The van der Waals surface area contributed by atoms with Gasteiger partial charge in [0.05, 0.1) is 17.8 Å². The first-order chi connectivity index (χ1) is 11.6. The first-order valence-electron chi connectivity index (χ1n) is 7.63. The summed E-state index contributed by atoms with van der Waals surface area (Å²) >= 11 is 12.6. The van der Waals surface area contributed by atoms with Crippen molar-refractivity contribution in [3.8, 4) is 0 Å². The zero-order chi connectivity index (χ0) is 16.8. The molecule has 0 saturated carbocycles. The SMILES string of the molecule is CN1CC2=C(C1=O)c1ccc(Cl)cc1C(c1ccccc1Cl)=NC2. The van der Waals surface area contributed by atoms with Crippen molar-refractivity contribution in [1.29, 1.82) is 0 Å². The van der Waals surface area contributed by atoms with Gasteiger partial charge in [-0.2, -0.15) is 0 Å². The Kier molecular flexibility index (Phi) is 3.70. The molecule has 0 bridgehead atoms. The van der Waals surface area contributed by atoms with Crippen LogP contribution in [0.5, 0.6) is 0 Å². The Morgan fingerprint density at radius 3 is 2.62 bits per heavy atom. The molecule has 120 valence electrons. The Hall–Kier alpha value is -2.10. The van der Waals surface area contributed by atoms with Gasteiger partial charge in [-0.1, -0.05) is 47.5 Å². The molecule has 0 atom stereocenters. The molecule has 4 rings (SSSR count). The van der Waals surface area contributed by atoms with Crippen molar-refractivity contribution in [3.05, 3.63) is 74.8 Å². The van der Waals surface area contributed by atoms with E-state index in [1.54, 1.807) is 4.90 Å². The molecule has 0 aromatic heterocycles. The highest BCUT2D eigenvalue weighted by Crippen LogP contribution is 2.35. The third kappa shape index (κ3) is 2.36. The standard InChI is InChI=1S/C19H14Cl2N2O/c1-23-10-11-9-22-18(14-4-2-3-5-16(14)21)15-8-12(20)6-7-13(15)17(11)19(23)24/h2-8H,9-10H2,1H3. The first-order valence-corrected chi connectivity index (χ1v) is 8.39. The van der Waals surface area contributed by atoms with E-state index in [4.69, 9.17) is 28.2 Å². The van der Waals surface area contributed by atoms with Crippen molar-refractivity contribution < 1.29 is 4.79 Å². The van der Waals surface area contributed by atoms with Crippen LogP contribution in [0.4, 0.5) is 0 Å². The lowest BCUT2D eigenvalue weighted by atomic mass is 9.92. The van der Waals surface area contributed by atoms with Crippen molar-refractivity contribution >= 4 is 40.4 Å². The number of fused-ring (bicyclic) bond motifs is 2. The minimum absolute atomic E-state index is 0.0316. The number of hydrogen-bond acceptors (Lipinski definition) is 2. The molecule has 2 aromatic rings. The van der Waals surface area contributed by atoms with E-state index < -0.39 is 0 Å². The number of carbonyl (C=O) groups excluding carboxylic acids is 1. The van der Waals surface area contributed by atoms with Crippen molar-refractivity contribution in [1.82, 2.24) is 4.90 Å². The molecule has 1 amide bonds. The highest BCUT2D eigenvalue weighted by atomic mass is 35.5. The van der Waals surface area contributed by atoms with Gasteiger partial charge in [-0.25, -0.2) is 0 Å². The van der Waals surface area contributed by atoms with Crippen LogP contribution in [-0.4, -0.2) is 36.7 Å². The third-order valence-electron chi connectivity index (χ3n) is 4.41. The zero-order valence-corrected chi connectivity index (χ0v) is 14.5. The number of benzene rings is 2. The zero-order valence-electron chi connectivity index (χ0n) is 13.0. The van der Waals surface area contributed by atoms with Gasteiger partial charge in [0.25, 0.3) is 5.91 Å². The van der Waals surface area contributed by atoms with E-state index in [0.717, 1.165) is 33.5 Å². The Labute approximate surface area is 150 Å². The summed E-state index contributed by atoms with van der Waals surface area (Å²) in [7, 11) is 1.81. The van der Waals surface area contributed by atoms with Crippen molar-refractivity contribution in [2.24, 2.45) is 4.99 Å². The van der Waals surface area contributed by atoms with Crippen molar-refractivity contribution in [3.63, 3.8) is 0 Å². The Bertz CT molecular complexity index is 931. The molecule has 2 aliphatic rings. The molecule has 2 aromatic carbocycles. The molecule has 0 N–H and O–H groups in total. The van der Waals surface area contributed by atoms with E-state index in [-0.39, 0.29) is 5.91 Å². The van der Waals surface area contributed by atoms with Crippen LogP contribution >= 0.6 is 23.2 Å². The van der Waals surface area contributed by atoms with Gasteiger partial charge < -0.3 is 4.90 Å². The molecule has 2 aliphatic heterocycles. The number of halogens is 2. The Balaban J connectivity index is 1.97. The molecule has 0 unspecified atom stereocenters. The second kappa shape index (κ2) is 5.76.